The number of fused-ring (bicyclic) bond motifs is 1. The van der Waals surface area contributed by atoms with Gasteiger partial charge in [0.1, 0.15) is 11.8 Å². The molecule has 0 fully saturated rings. The number of aromatic nitrogens is 1. The van der Waals surface area contributed by atoms with Crippen LogP contribution in [0.2, 0.25) is 0 Å². The fourth-order valence-electron chi connectivity index (χ4n) is 3.25. The Hall–Kier alpha value is -3.01. The van der Waals surface area contributed by atoms with E-state index < -0.39 is 6.41 Å². The number of hydrogen-bond donors (Lipinski definition) is 2. The average Bonchev–Trinajstić information content (AvgIpc) is 3.01. The Morgan fingerprint density at radius 2 is 1.93 bits per heavy atom. The second-order valence-corrected chi connectivity index (χ2v) is 6.18. The summed E-state index contributed by atoms with van der Waals surface area (Å²) >= 11 is 0. The zero-order valence-electron chi connectivity index (χ0n) is 15.7. The fraction of sp³-hybridized carbons (Fsp3) is 0.286. The lowest BCUT2D eigenvalue weighted by Gasteiger charge is -2.14. The molecule has 0 aliphatic rings. The summed E-state index contributed by atoms with van der Waals surface area (Å²) in [4.78, 5) is 0. The largest absolute Gasteiger partial charge is 0.497 e. The fourth-order valence-corrected chi connectivity index (χ4v) is 3.25. The molecule has 140 valence electrons. The van der Waals surface area contributed by atoms with Crippen molar-refractivity contribution in [2.24, 2.45) is 0 Å². The molecule has 1 aromatic heterocycles. The van der Waals surface area contributed by atoms with Crippen molar-refractivity contribution in [1.82, 2.24) is 4.57 Å². The Bertz CT molecular complexity index is 971. The first-order valence-corrected chi connectivity index (χ1v) is 8.81. The number of anilines is 1. The number of nitriles is 1. The lowest BCUT2D eigenvalue weighted by molar-refractivity contribution is -0.0509. The zero-order valence-corrected chi connectivity index (χ0v) is 15.7. The van der Waals surface area contributed by atoms with Gasteiger partial charge in [-0.2, -0.15) is 5.26 Å². The van der Waals surface area contributed by atoms with E-state index in [1.54, 1.807) is 7.11 Å². The van der Waals surface area contributed by atoms with Crippen LogP contribution in [0.4, 0.5) is 5.69 Å². The Morgan fingerprint density at radius 3 is 2.52 bits per heavy atom. The number of aliphatic hydroxyl groups excluding tert-OH is 1. The molecule has 6 nitrogen and oxygen atoms in total. The Kier molecular flexibility index (Phi) is 5.65. The standard InChI is InChI=1S/C21H23N3O3/c1-4-11-24-19-12-16(26-2)9-10-17(19)18(13-22)20(24)14-5-7-15(8-6-14)23-21(25)27-3/h5-10,12,21,23,25H,4,11H2,1-3H3. The van der Waals surface area contributed by atoms with Gasteiger partial charge in [-0.3, -0.25) is 0 Å². The van der Waals surface area contributed by atoms with Crippen LogP contribution < -0.4 is 10.1 Å². The van der Waals surface area contributed by atoms with Gasteiger partial charge < -0.3 is 24.5 Å². The summed E-state index contributed by atoms with van der Waals surface area (Å²) in [5.74, 6) is 0.765. The van der Waals surface area contributed by atoms with Crippen molar-refractivity contribution < 1.29 is 14.6 Å². The molecule has 1 atom stereocenters. The second-order valence-electron chi connectivity index (χ2n) is 6.18. The molecule has 2 N–H and O–H groups in total. The second kappa shape index (κ2) is 8.12. The highest BCUT2D eigenvalue weighted by Gasteiger charge is 2.19. The molecule has 1 unspecified atom stereocenters. The number of nitrogens with zero attached hydrogens (tertiary/aromatic N) is 2. The van der Waals surface area contributed by atoms with Gasteiger partial charge in [-0.05, 0) is 36.2 Å². The molecule has 3 rings (SSSR count). The number of benzene rings is 2. The number of hydrogen-bond acceptors (Lipinski definition) is 5. The molecule has 3 aromatic rings. The third-order valence-corrected chi connectivity index (χ3v) is 4.50. The summed E-state index contributed by atoms with van der Waals surface area (Å²) < 4.78 is 12.3. The minimum absolute atomic E-state index is 0.652. The molecule has 0 radical (unpaired) electrons. The summed E-state index contributed by atoms with van der Waals surface area (Å²) in [6, 6.07) is 15.7. The third-order valence-electron chi connectivity index (χ3n) is 4.50. The van der Waals surface area contributed by atoms with Gasteiger partial charge in [-0.25, -0.2) is 0 Å². The van der Waals surface area contributed by atoms with E-state index in [0.29, 0.717) is 5.56 Å². The van der Waals surface area contributed by atoms with E-state index in [1.807, 2.05) is 42.5 Å². The van der Waals surface area contributed by atoms with Crippen molar-refractivity contribution in [2.75, 3.05) is 19.5 Å². The Labute approximate surface area is 158 Å². The van der Waals surface area contributed by atoms with E-state index in [-0.39, 0.29) is 0 Å². The first kappa shape index (κ1) is 18.8. The smallest absolute Gasteiger partial charge is 0.235 e. The highest BCUT2D eigenvalue weighted by molar-refractivity contribution is 5.95. The van der Waals surface area contributed by atoms with Gasteiger partial charge in [0.15, 0.2) is 0 Å². The van der Waals surface area contributed by atoms with E-state index >= 15 is 0 Å². The van der Waals surface area contributed by atoms with Crippen LogP contribution in [0.5, 0.6) is 5.75 Å². The van der Waals surface area contributed by atoms with Gasteiger partial charge >= 0.3 is 0 Å². The number of rotatable bonds is 7. The van der Waals surface area contributed by atoms with Crippen LogP contribution in [0.25, 0.3) is 22.2 Å². The van der Waals surface area contributed by atoms with E-state index in [1.165, 1.54) is 7.11 Å². The first-order chi connectivity index (χ1) is 13.1. The number of aliphatic hydroxyl groups is 1. The van der Waals surface area contributed by atoms with Gasteiger partial charge in [0.2, 0.25) is 6.41 Å². The number of nitrogens with one attached hydrogen (secondary N) is 1. The van der Waals surface area contributed by atoms with Crippen molar-refractivity contribution in [3.8, 4) is 23.1 Å². The van der Waals surface area contributed by atoms with Crippen molar-refractivity contribution >= 4 is 16.6 Å². The van der Waals surface area contributed by atoms with Gasteiger partial charge in [-0.1, -0.05) is 19.1 Å². The zero-order chi connectivity index (χ0) is 19.4. The van der Waals surface area contributed by atoms with Gasteiger partial charge in [0, 0.05) is 30.8 Å². The highest BCUT2D eigenvalue weighted by Crippen LogP contribution is 2.36. The monoisotopic (exact) mass is 365 g/mol. The lowest BCUT2D eigenvalue weighted by Crippen LogP contribution is -2.20. The van der Waals surface area contributed by atoms with Crippen LogP contribution in [-0.2, 0) is 11.3 Å². The minimum Gasteiger partial charge on any atom is -0.497 e. The van der Waals surface area contributed by atoms with Crippen LogP contribution in [0, 0.1) is 11.3 Å². The molecule has 27 heavy (non-hydrogen) atoms. The Morgan fingerprint density at radius 1 is 1.19 bits per heavy atom. The summed E-state index contributed by atoms with van der Waals surface area (Å²) in [6.45, 7) is 2.91. The van der Waals surface area contributed by atoms with Crippen LogP contribution >= 0.6 is 0 Å². The van der Waals surface area contributed by atoms with E-state index in [4.69, 9.17) is 9.47 Å². The predicted octanol–water partition coefficient (Wildman–Crippen LogP) is 3.93. The lowest BCUT2D eigenvalue weighted by atomic mass is 10.1. The number of methoxy groups -OCH3 is 2. The Balaban J connectivity index is 2.15. The van der Waals surface area contributed by atoms with Gasteiger partial charge in [0.05, 0.1) is 23.9 Å². The summed E-state index contributed by atoms with van der Waals surface area (Å²) in [5, 5.41) is 23.1. The SMILES string of the molecule is CCCn1c(-c2ccc(NC(O)OC)cc2)c(C#N)c2ccc(OC)cc21. The van der Waals surface area contributed by atoms with Crippen LogP contribution in [0.15, 0.2) is 42.5 Å². The van der Waals surface area contributed by atoms with Crippen LogP contribution in [0.1, 0.15) is 18.9 Å². The van der Waals surface area contributed by atoms with E-state index in [2.05, 4.69) is 22.9 Å². The minimum atomic E-state index is -1.07. The average molecular weight is 365 g/mol. The maximum atomic E-state index is 9.83. The third kappa shape index (κ3) is 3.61. The molecule has 0 spiro atoms. The molecule has 1 heterocycles. The van der Waals surface area contributed by atoms with Crippen molar-refractivity contribution in [3.05, 3.63) is 48.0 Å². The molecule has 0 amide bonds. The summed E-state index contributed by atoms with van der Waals surface area (Å²) in [5.41, 5.74) is 4.19. The van der Waals surface area contributed by atoms with E-state index in [0.717, 1.165) is 46.6 Å². The topological polar surface area (TPSA) is 79.4 Å². The highest BCUT2D eigenvalue weighted by atomic mass is 16.6. The molecular weight excluding hydrogens is 342 g/mol. The summed E-state index contributed by atoms with van der Waals surface area (Å²) in [6.07, 6.45) is -0.122. The maximum Gasteiger partial charge on any atom is 0.235 e. The molecule has 0 bridgehead atoms. The molecule has 2 aromatic carbocycles. The van der Waals surface area contributed by atoms with Crippen molar-refractivity contribution in [3.63, 3.8) is 0 Å². The van der Waals surface area contributed by atoms with Crippen molar-refractivity contribution in [2.45, 2.75) is 26.3 Å². The van der Waals surface area contributed by atoms with Crippen LogP contribution in [0.3, 0.4) is 0 Å². The molecular formula is C21H23N3O3. The van der Waals surface area contributed by atoms with Gasteiger partial charge in [0.25, 0.3) is 0 Å². The molecule has 0 saturated heterocycles. The van der Waals surface area contributed by atoms with Crippen molar-refractivity contribution in [1.29, 1.82) is 5.26 Å². The predicted molar refractivity (Wildman–Crippen MR) is 106 cm³/mol. The molecule has 0 aliphatic heterocycles. The molecule has 0 aliphatic carbocycles. The van der Waals surface area contributed by atoms with Gasteiger partial charge in [-0.15, -0.1) is 0 Å². The number of aryl methyl sites for hydroxylation is 1. The first-order valence-electron chi connectivity index (χ1n) is 8.81. The van der Waals surface area contributed by atoms with E-state index in [9.17, 15) is 10.4 Å². The number of ether oxygens (including phenoxy) is 2. The molecule has 0 saturated carbocycles. The molecule has 6 heteroatoms. The maximum absolute atomic E-state index is 9.83. The quantitative estimate of drug-likeness (QED) is 0.620. The normalized spacial score (nSPS) is 12.0. The summed E-state index contributed by atoms with van der Waals surface area (Å²) in [7, 11) is 3.06. The van der Waals surface area contributed by atoms with Crippen LogP contribution in [-0.4, -0.2) is 30.3 Å².